The molecule has 0 aliphatic carbocycles. The molecule has 0 aliphatic heterocycles. The van der Waals surface area contributed by atoms with Crippen molar-refractivity contribution in [2.75, 3.05) is 7.05 Å². The SMILES string of the molecule is Cc1cccc(CN(C)C(c2ccsc2)C(C)N)n1. The van der Waals surface area contributed by atoms with Crippen LogP contribution in [0.5, 0.6) is 0 Å². The van der Waals surface area contributed by atoms with Crippen LogP contribution in [0.25, 0.3) is 0 Å². The fourth-order valence-corrected chi connectivity index (χ4v) is 3.13. The van der Waals surface area contributed by atoms with Crippen LogP contribution in [0.4, 0.5) is 0 Å². The largest absolute Gasteiger partial charge is 0.326 e. The summed E-state index contributed by atoms with van der Waals surface area (Å²) < 4.78 is 0. The number of rotatable bonds is 5. The summed E-state index contributed by atoms with van der Waals surface area (Å²) in [5.41, 5.74) is 9.58. The van der Waals surface area contributed by atoms with Crippen molar-refractivity contribution in [1.29, 1.82) is 0 Å². The third kappa shape index (κ3) is 3.62. The number of nitrogens with zero attached hydrogens (tertiary/aromatic N) is 2. The molecule has 2 aromatic rings. The van der Waals surface area contributed by atoms with Gasteiger partial charge in [-0.2, -0.15) is 11.3 Å². The van der Waals surface area contributed by atoms with Gasteiger partial charge in [0.2, 0.25) is 0 Å². The summed E-state index contributed by atoms with van der Waals surface area (Å²) in [7, 11) is 2.11. The number of hydrogen-bond donors (Lipinski definition) is 1. The number of aryl methyl sites for hydroxylation is 1. The zero-order valence-electron chi connectivity index (χ0n) is 11.7. The maximum atomic E-state index is 6.15. The van der Waals surface area contributed by atoms with E-state index >= 15 is 0 Å². The summed E-state index contributed by atoms with van der Waals surface area (Å²) in [6.45, 7) is 4.89. The van der Waals surface area contributed by atoms with E-state index in [1.807, 2.05) is 13.0 Å². The van der Waals surface area contributed by atoms with Crippen LogP contribution in [0.2, 0.25) is 0 Å². The van der Waals surface area contributed by atoms with Crippen LogP contribution in [0.3, 0.4) is 0 Å². The molecule has 102 valence electrons. The predicted molar refractivity (Wildman–Crippen MR) is 81.2 cm³/mol. The summed E-state index contributed by atoms with van der Waals surface area (Å²) in [5.74, 6) is 0. The molecule has 0 aliphatic rings. The van der Waals surface area contributed by atoms with Gasteiger partial charge in [-0.15, -0.1) is 0 Å². The van der Waals surface area contributed by atoms with Gasteiger partial charge in [0.15, 0.2) is 0 Å². The Labute approximate surface area is 119 Å². The molecular weight excluding hydrogens is 254 g/mol. The number of likely N-dealkylation sites (N-methyl/N-ethyl adjacent to an activating group) is 1. The summed E-state index contributed by atoms with van der Waals surface area (Å²) in [6.07, 6.45) is 0. The lowest BCUT2D eigenvalue weighted by atomic mass is 10.0. The fourth-order valence-electron chi connectivity index (χ4n) is 2.44. The van der Waals surface area contributed by atoms with Gasteiger partial charge in [0.1, 0.15) is 0 Å². The molecule has 3 nitrogen and oxygen atoms in total. The van der Waals surface area contributed by atoms with E-state index in [4.69, 9.17) is 5.73 Å². The molecule has 0 fully saturated rings. The van der Waals surface area contributed by atoms with Gasteiger partial charge in [-0.3, -0.25) is 9.88 Å². The first-order valence-electron chi connectivity index (χ1n) is 6.48. The molecule has 2 N–H and O–H groups in total. The van der Waals surface area contributed by atoms with E-state index in [2.05, 4.69) is 52.8 Å². The zero-order valence-corrected chi connectivity index (χ0v) is 12.5. The maximum Gasteiger partial charge on any atom is 0.0547 e. The second-order valence-corrected chi connectivity index (χ2v) is 5.83. The van der Waals surface area contributed by atoms with Crippen molar-refractivity contribution >= 4 is 11.3 Å². The molecule has 0 aromatic carbocycles. The highest BCUT2D eigenvalue weighted by Crippen LogP contribution is 2.25. The van der Waals surface area contributed by atoms with Crippen LogP contribution in [0, 0.1) is 6.92 Å². The average Bonchev–Trinajstić information content (AvgIpc) is 2.82. The number of pyridine rings is 1. The van der Waals surface area contributed by atoms with Gasteiger partial charge in [0.25, 0.3) is 0 Å². The smallest absolute Gasteiger partial charge is 0.0547 e. The summed E-state index contributed by atoms with van der Waals surface area (Å²) in [6, 6.07) is 8.61. The minimum atomic E-state index is 0.0874. The first-order chi connectivity index (χ1) is 9.08. The van der Waals surface area contributed by atoms with Crippen molar-refractivity contribution in [2.24, 2.45) is 5.73 Å². The Morgan fingerprint density at radius 3 is 2.74 bits per heavy atom. The quantitative estimate of drug-likeness (QED) is 0.912. The number of thiophene rings is 1. The molecular formula is C15H21N3S. The van der Waals surface area contributed by atoms with Crippen LogP contribution >= 0.6 is 11.3 Å². The van der Waals surface area contributed by atoms with Crippen LogP contribution in [0.15, 0.2) is 35.0 Å². The highest BCUT2D eigenvalue weighted by Gasteiger charge is 2.21. The predicted octanol–water partition coefficient (Wildman–Crippen LogP) is 2.97. The molecule has 19 heavy (non-hydrogen) atoms. The Balaban J connectivity index is 2.14. The van der Waals surface area contributed by atoms with E-state index in [-0.39, 0.29) is 12.1 Å². The third-order valence-electron chi connectivity index (χ3n) is 3.21. The van der Waals surface area contributed by atoms with Crippen LogP contribution in [-0.4, -0.2) is 23.0 Å². The van der Waals surface area contributed by atoms with E-state index in [0.29, 0.717) is 0 Å². The van der Waals surface area contributed by atoms with Gasteiger partial charge < -0.3 is 5.73 Å². The lowest BCUT2D eigenvalue weighted by Gasteiger charge is -2.30. The molecule has 0 bridgehead atoms. The molecule has 2 unspecified atom stereocenters. The van der Waals surface area contributed by atoms with Gasteiger partial charge in [-0.25, -0.2) is 0 Å². The van der Waals surface area contributed by atoms with Crippen molar-refractivity contribution in [3.05, 3.63) is 52.0 Å². The molecule has 2 heterocycles. The van der Waals surface area contributed by atoms with Gasteiger partial charge in [-0.1, -0.05) is 6.07 Å². The minimum absolute atomic E-state index is 0.0874. The standard InChI is InChI=1S/C15H21N3S/c1-11-5-4-6-14(17-11)9-18(3)15(12(2)16)13-7-8-19-10-13/h4-8,10,12,15H,9,16H2,1-3H3. The first-order valence-corrected chi connectivity index (χ1v) is 7.42. The van der Waals surface area contributed by atoms with E-state index in [1.54, 1.807) is 11.3 Å². The van der Waals surface area contributed by atoms with E-state index in [0.717, 1.165) is 17.9 Å². The molecule has 4 heteroatoms. The lowest BCUT2D eigenvalue weighted by molar-refractivity contribution is 0.209. The Bertz CT molecular complexity index is 508. The molecule has 0 saturated heterocycles. The van der Waals surface area contributed by atoms with Gasteiger partial charge >= 0.3 is 0 Å². The number of hydrogen-bond acceptors (Lipinski definition) is 4. The third-order valence-corrected chi connectivity index (χ3v) is 3.92. The van der Waals surface area contributed by atoms with Gasteiger partial charge in [0, 0.05) is 18.3 Å². The molecule has 2 atom stereocenters. The first kappa shape index (κ1) is 14.2. The molecule has 0 radical (unpaired) electrons. The molecule has 0 amide bonds. The van der Waals surface area contributed by atoms with Gasteiger partial charge in [0.05, 0.1) is 11.7 Å². The summed E-state index contributed by atoms with van der Waals surface area (Å²) in [5, 5.41) is 4.28. The summed E-state index contributed by atoms with van der Waals surface area (Å²) >= 11 is 1.71. The van der Waals surface area contributed by atoms with Crippen molar-refractivity contribution in [3.8, 4) is 0 Å². The van der Waals surface area contributed by atoms with Crippen LogP contribution < -0.4 is 5.73 Å². The molecule has 2 rings (SSSR count). The van der Waals surface area contributed by atoms with Crippen molar-refractivity contribution < 1.29 is 0 Å². The Hall–Kier alpha value is -1.23. The Kier molecular flexibility index (Phi) is 4.69. The van der Waals surface area contributed by atoms with Crippen molar-refractivity contribution in [3.63, 3.8) is 0 Å². The molecule has 0 saturated carbocycles. The fraction of sp³-hybridized carbons (Fsp3) is 0.400. The molecule has 2 aromatic heterocycles. The van der Waals surface area contributed by atoms with E-state index < -0.39 is 0 Å². The van der Waals surface area contributed by atoms with Crippen molar-refractivity contribution in [1.82, 2.24) is 9.88 Å². The minimum Gasteiger partial charge on any atom is -0.326 e. The maximum absolute atomic E-state index is 6.15. The Morgan fingerprint density at radius 1 is 1.37 bits per heavy atom. The second kappa shape index (κ2) is 6.28. The van der Waals surface area contributed by atoms with Crippen LogP contribution in [0.1, 0.15) is 29.9 Å². The second-order valence-electron chi connectivity index (χ2n) is 5.05. The zero-order chi connectivity index (χ0) is 13.8. The van der Waals surface area contributed by atoms with Gasteiger partial charge in [-0.05, 0) is 55.4 Å². The average molecular weight is 275 g/mol. The Morgan fingerprint density at radius 2 is 2.16 bits per heavy atom. The lowest BCUT2D eigenvalue weighted by Crippen LogP contribution is -2.36. The highest BCUT2D eigenvalue weighted by atomic mass is 32.1. The normalized spacial score (nSPS) is 14.6. The summed E-state index contributed by atoms with van der Waals surface area (Å²) in [4.78, 5) is 6.83. The van der Waals surface area contributed by atoms with Crippen LogP contribution in [-0.2, 0) is 6.54 Å². The van der Waals surface area contributed by atoms with Crippen molar-refractivity contribution in [2.45, 2.75) is 32.5 Å². The number of nitrogens with two attached hydrogens (primary N) is 1. The topological polar surface area (TPSA) is 42.1 Å². The van der Waals surface area contributed by atoms with E-state index in [9.17, 15) is 0 Å². The monoisotopic (exact) mass is 275 g/mol. The molecule has 0 spiro atoms. The van der Waals surface area contributed by atoms with E-state index in [1.165, 1.54) is 5.56 Å². The number of aromatic nitrogens is 1. The highest BCUT2D eigenvalue weighted by molar-refractivity contribution is 7.07.